The van der Waals surface area contributed by atoms with Crippen LogP contribution in [0.1, 0.15) is 12.8 Å². The van der Waals surface area contributed by atoms with Crippen molar-refractivity contribution in [2.45, 2.75) is 18.4 Å². The molecule has 2 N–H and O–H groups in total. The van der Waals surface area contributed by atoms with Crippen molar-refractivity contribution in [3.05, 3.63) is 0 Å². The summed E-state index contributed by atoms with van der Waals surface area (Å²) in [5, 5.41) is 37.2. The second-order valence-electron chi connectivity index (χ2n) is 2.85. The average molecular weight is 415 g/mol. The van der Waals surface area contributed by atoms with Gasteiger partial charge in [-0.1, -0.05) is 0 Å². The van der Waals surface area contributed by atoms with Gasteiger partial charge >= 0.3 is 118 Å². The van der Waals surface area contributed by atoms with Crippen LogP contribution in [0.3, 0.4) is 0 Å². The summed E-state index contributed by atoms with van der Waals surface area (Å²) in [6, 6.07) is 0. The third-order valence-corrected chi connectivity index (χ3v) is 1.26. The van der Waals surface area contributed by atoms with Crippen LogP contribution in [0.4, 0.5) is 0 Å². The number of carbonyl (C=O) groups excluding carboxylic acids is 2. The van der Waals surface area contributed by atoms with E-state index in [1.54, 1.807) is 0 Å². The van der Waals surface area contributed by atoms with Crippen molar-refractivity contribution in [2.75, 3.05) is 0 Å². The number of aliphatic hydroxyl groups is 1. The Morgan fingerprint density at radius 2 is 1.22 bits per heavy atom. The van der Waals surface area contributed by atoms with E-state index in [4.69, 9.17) is 27.7 Å². The largest absolute Gasteiger partial charge is 2.00 e. The third-order valence-electron chi connectivity index (χ3n) is 1.26. The van der Waals surface area contributed by atoms with Gasteiger partial charge in [0.1, 0.15) is 5.60 Å². The number of carboxylic acid groups (broad SMARTS) is 3. The summed E-state index contributed by atoms with van der Waals surface area (Å²) in [4.78, 5) is 30.2. The van der Waals surface area contributed by atoms with E-state index < -0.39 is 46.7 Å². The minimum atomic E-state index is -5.17. The monoisotopic (exact) mass is 414 g/mol. The first-order valence-electron chi connectivity index (χ1n) is 3.80. The molecule has 0 fully saturated rings. The molecule has 0 aromatic heterocycles. The fourth-order valence-electron chi connectivity index (χ4n) is 0.696. The van der Waals surface area contributed by atoms with Gasteiger partial charge in [0.2, 0.25) is 0 Å². The Morgan fingerprint density at radius 3 is 1.35 bits per heavy atom. The normalized spacial score (nSPS) is 10.7. The van der Waals surface area contributed by atoms with Crippen molar-refractivity contribution in [2.24, 2.45) is 0 Å². The molecule has 0 aliphatic heterocycles. The van der Waals surface area contributed by atoms with Gasteiger partial charge in [0, 0.05) is 22.8 Å². The molecule has 0 amide bonds. The molecule has 114 valence electrons. The SMILES string of the molecule is O=C([O-])CC(O)(CC(=O)O)C(=O)[O-].O=S(=O)([O-])[O-].[Cl-].[Mg+2].[Na+].[Na+].[Na+]. The molecule has 11 nitrogen and oxygen atoms in total. The number of rotatable bonds is 5. The van der Waals surface area contributed by atoms with E-state index in [1.807, 2.05) is 0 Å². The first-order chi connectivity index (χ1) is 7.78. The van der Waals surface area contributed by atoms with Gasteiger partial charge in [-0.3, -0.25) is 13.2 Å². The maximum Gasteiger partial charge on any atom is 2.00 e. The third kappa shape index (κ3) is 36.1. The minimum absolute atomic E-state index is 0. The number of aliphatic carboxylic acids is 3. The van der Waals surface area contributed by atoms with Crippen molar-refractivity contribution in [3.63, 3.8) is 0 Å². The van der Waals surface area contributed by atoms with Crippen LogP contribution in [0.5, 0.6) is 0 Å². The Morgan fingerprint density at radius 1 is 0.957 bits per heavy atom. The maximum absolute atomic E-state index is 10.2. The molecule has 0 aromatic rings. The van der Waals surface area contributed by atoms with Gasteiger partial charge in [0.15, 0.2) is 0 Å². The number of hydrogen-bond acceptors (Lipinski definition) is 10. The van der Waals surface area contributed by atoms with Gasteiger partial charge < -0.3 is 51.5 Å². The van der Waals surface area contributed by atoms with Crippen molar-refractivity contribution in [1.29, 1.82) is 0 Å². The van der Waals surface area contributed by atoms with Crippen LogP contribution in [-0.4, -0.2) is 74.3 Å². The fourth-order valence-corrected chi connectivity index (χ4v) is 0.696. The summed E-state index contributed by atoms with van der Waals surface area (Å²) >= 11 is 0. The molecular weight excluding hydrogens is 409 g/mol. The molecule has 23 heavy (non-hydrogen) atoms. The van der Waals surface area contributed by atoms with E-state index in [2.05, 4.69) is 0 Å². The van der Waals surface area contributed by atoms with E-state index in [0.29, 0.717) is 0 Å². The molecule has 1 unspecified atom stereocenters. The molecule has 1 atom stereocenters. The topological polar surface area (TPSA) is 218 Å². The Labute approximate surface area is 220 Å². The van der Waals surface area contributed by atoms with Gasteiger partial charge in [-0.2, -0.15) is 0 Å². The first kappa shape index (κ1) is 44.6. The van der Waals surface area contributed by atoms with E-state index >= 15 is 0 Å². The molecule has 0 spiro atoms. The molecule has 0 rings (SSSR count). The van der Waals surface area contributed by atoms with Gasteiger partial charge in [0.25, 0.3) is 0 Å². The molecule has 0 aliphatic carbocycles. The zero-order valence-electron chi connectivity index (χ0n) is 12.5. The van der Waals surface area contributed by atoms with E-state index in [1.165, 1.54) is 0 Å². The number of halogens is 1. The van der Waals surface area contributed by atoms with Crippen molar-refractivity contribution in [3.8, 4) is 0 Å². The predicted molar refractivity (Wildman–Crippen MR) is 48.1 cm³/mol. The van der Waals surface area contributed by atoms with Crippen LogP contribution >= 0.6 is 0 Å². The van der Waals surface area contributed by atoms with E-state index in [-0.39, 0.29) is 124 Å². The second kappa shape index (κ2) is 20.6. The van der Waals surface area contributed by atoms with Crippen molar-refractivity contribution >= 4 is 51.4 Å². The Kier molecular flexibility index (Phi) is 40.0. The summed E-state index contributed by atoms with van der Waals surface area (Å²) in [5.74, 6) is -5.67. The second-order valence-corrected chi connectivity index (χ2v) is 3.66. The van der Waals surface area contributed by atoms with Gasteiger partial charge in [0.05, 0.1) is 12.4 Å². The molecule has 0 aromatic carbocycles. The predicted octanol–water partition coefficient (Wildman–Crippen LogP) is -17.6. The summed E-state index contributed by atoms with van der Waals surface area (Å²) in [6.07, 6.45) is -2.56. The summed E-state index contributed by atoms with van der Waals surface area (Å²) in [5.41, 5.74) is -2.91. The Bertz CT molecular complexity index is 421. The summed E-state index contributed by atoms with van der Waals surface area (Å²) in [6.45, 7) is 0. The molecule has 0 radical (unpaired) electrons. The van der Waals surface area contributed by atoms with E-state index in [0.717, 1.165) is 0 Å². The summed E-state index contributed by atoms with van der Waals surface area (Å²) in [7, 11) is -5.17. The van der Waals surface area contributed by atoms with Gasteiger partial charge in [-0.05, 0) is 0 Å². The maximum atomic E-state index is 10.2. The number of hydrogen-bond donors (Lipinski definition) is 2. The van der Waals surface area contributed by atoms with Crippen molar-refractivity contribution in [1.82, 2.24) is 0 Å². The van der Waals surface area contributed by atoms with Crippen LogP contribution in [0, 0.1) is 0 Å². The molecule has 0 saturated heterocycles. The molecule has 0 bridgehead atoms. The van der Waals surface area contributed by atoms with Crippen LogP contribution in [0.25, 0.3) is 0 Å². The Hall–Kier alpha value is 2.30. The standard InChI is InChI=1S/C6H8O7.ClH.Mg.3Na.H2O4S/c7-3(8)1-6(13,5(11)12)2-4(9)10;;;;;;1-5(2,3)4/h13H,1-2H2,(H,7,8)(H,9,10)(H,11,12);1H;;;;;(H2,1,2,3,4)/q;;+2;3*+1;/p-5. The first-order valence-corrected chi connectivity index (χ1v) is 5.13. The molecule has 0 saturated carbocycles. The molecular formula is C6H6ClMgNa3O11S. The van der Waals surface area contributed by atoms with Gasteiger partial charge in [-0.25, -0.2) is 0 Å². The van der Waals surface area contributed by atoms with Crippen LogP contribution in [0.15, 0.2) is 0 Å². The minimum Gasteiger partial charge on any atom is -1.00 e. The number of carboxylic acids is 3. The number of carbonyl (C=O) groups is 3. The zero-order chi connectivity index (χ0) is 15.1. The van der Waals surface area contributed by atoms with E-state index in [9.17, 15) is 24.6 Å². The van der Waals surface area contributed by atoms with Crippen LogP contribution in [0.2, 0.25) is 0 Å². The molecule has 0 heterocycles. The van der Waals surface area contributed by atoms with Crippen molar-refractivity contribution < 1.29 is 153 Å². The summed E-state index contributed by atoms with van der Waals surface area (Å²) < 4.78 is 34.1. The quantitative estimate of drug-likeness (QED) is 0.244. The van der Waals surface area contributed by atoms with Crippen LogP contribution < -0.4 is 111 Å². The van der Waals surface area contributed by atoms with Crippen LogP contribution in [-0.2, 0) is 24.8 Å². The Balaban J connectivity index is -0.0000000455. The van der Waals surface area contributed by atoms with Gasteiger partial charge in [-0.15, -0.1) is 0 Å². The zero-order valence-corrected chi connectivity index (χ0v) is 21.5. The molecule has 0 aliphatic rings. The molecule has 17 heteroatoms. The average Bonchev–Trinajstić information content (AvgIpc) is 1.95. The smallest absolute Gasteiger partial charge is 1.00 e. The fraction of sp³-hybridized carbons (Fsp3) is 0.500.